The number of hydrogen-bond acceptors (Lipinski definition) is 3. The number of aryl methyl sites for hydroxylation is 1. The average Bonchev–Trinajstić information content (AvgIpc) is 2.44. The van der Waals surface area contributed by atoms with Gasteiger partial charge in [-0.1, -0.05) is 19.1 Å². The Morgan fingerprint density at radius 1 is 1.19 bits per heavy atom. The second-order valence-corrected chi connectivity index (χ2v) is 5.73. The molecule has 0 fully saturated rings. The Bertz CT molecular complexity index is 460. The lowest BCUT2D eigenvalue weighted by Crippen LogP contribution is -2.29. The first kappa shape index (κ1) is 17.8. The Kier molecular flexibility index (Phi) is 7.54. The fourth-order valence-corrected chi connectivity index (χ4v) is 2.21. The van der Waals surface area contributed by atoms with Gasteiger partial charge in [-0.25, -0.2) is 4.39 Å². The average molecular weight is 294 g/mol. The van der Waals surface area contributed by atoms with E-state index < -0.39 is 0 Å². The number of carbonyl (C=O) groups is 1. The van der Waals surface area contributed by atoms with E-state index in [1.807, 2.05) is 0 Å². The van der Waals surface area contributed by atoms with Gasteiger partial charge in [-0.15, -0.1) is 0 Å². The zero-order chi connectivity index (χ0) is 15.8. The highest BCUT2D eigenvalue weighted by atomic mass is 19.1. The van der Waals surface area contributed by atoms with Crippen molar-refractivity contribution in [2.24, 2.45) is 0 Å². The second kappa shape index (κ2) is 8.90. The molecule has 0 atom stereocenters. The molecular weight excluding hydrogens is 267 g/mol. The number of benzene rings is 1. The van der Waals surface area contributed by atoms with Crippen molar-refractivity contribution in [2.45, 2.75) is 26.7 Å². The minimum absolute atomic E-state index is 0.0139. The molecule has 0 unspecified atom stereocenters. The van der Waals surface area contributed by atoms with Crippen LogP contribution in [0.1, 0.15) is 35.7 Å². The molecule has 0 N–H and O–H groups in total. The minimum atomic E-state index is -0.306. The predicted molar refractivity (Wildman–Crippen MR) is 85.4 cm³/mol. The van der Waals surface area contributed by atoms with E-state index in [1.165, 1.54) is 6.07 Å². The fourth-order valence-electron chi connectivity index (χ4n) is 2.21. The molecule has 21 heavy (non-hydrogen) atoms. The summed E-state index contributed by atoms with van der Waals surface area (Å²) in [7, 11) is 4.12. The molecule has 118 valence electrons. The van der Waals surface area contributed by atoms with E-state index in [0.717, 1.165) is 32.6 Å². The van der Waals surface area contributed by atoms with Crippen molar-refractivity contribution in [1.82, 2.24) is 9.80 Å². The molecule has 1 aromatic rings. The Labute approximate surface area is 127 Å². The number of halogens is 1. The third kappa shape index (κ3) is 6.36. The van der Waals surface area contributed by atoms with Crippen LogP contribution in [0.5, 0.6) is 0 Å². The van der Waals surface area contributed by atoms with Crippen LogP contribution in [0, 0.1) is 12.7 Å². The zero-order valence-electron chi connectivity index (χ0n) is 13.7. The summed E-state index contributed by atoms with van der Waals surface area (Å²) >= 11 is 0. The lowest BCUT2D eigenvalue weighted by molar-refractivity contribution is 0.0964. The largest absolute Gasteiger partial charge is 0.309 e. The van der Waals surface area contributed by atoms with Gasteiger partial charge in [-0.3, -0.25) is 4.79 Å². The summed E-state index contributed by atoms with van der Waals surface area (Å²) in [6.07, 6.45) is 1.53. The monoisotopic (exact) mass is 294 g/mol. The van der Waals surface area contributed by atoms with Crippen LogP contribution in [-0.4, -0.2) is 55.9 Å². The van der Waals surface area contributed by atoms with Crippen molar-refractivity contribution in [3.05, 3.63) is 35.1 Å². The zero-order valence-corrected chi connectivity index (χ0v) is 13.7. The van der Waals surface area contributed by atoms with E-state index >= 15 is 0 Å². The van der Waals surface area contributed by atoms with Crippen LogP contribution in [0.2, 0.25) is 0 Å². The molecule has 0 saturated heterocycles. The Hall–Kier alpha value is -1.26. The van der Waals surface area contributed by atoms with Gasteiger partial charge in [0.2, 0.25) is 0 Å². The van der Waals surface area contributed by atoms with E-state index in [4.69, 9.17) is 0 Å². The van der Waals surface area contributed by atoms with Gasteiger partial charge in [0.1, 0.15) is 5.82 Å². The van der Waals surface area contributed by atoms with Crippen LogP contribution >= 0.6 is 0 Å². The quantitative estimate of drug-likeness (QED) is 0.654. The number of carbonyl (C=O) groups excluding carboxylic acids is 1. The highest BCUT2D eigenvalue weighted by Gasteiger charge is 2.10. The van der Waals surface area contributed by atoms with Crippen molar-refractivity contribution in [3.63, 3.8) is 0 Å². The van der Waals surface area contributed by atoms with E-state index in [-0.39, 0.29) is 11.6 Å². The summed E-state index contributed by atoms with van der Waals surface area (Å²) in [6.45, 7) is 7.51. The predicted octanol–water partition coefficient (Wildman–Crippen LogP) is 2.98. The fraction of sp³-hybridized carbons (Fsp3) is 0.588. The molecule has 0 bridgehead atoms. The maximum absolute atomic E-state index is 13.5. The van der Waals surface area contributed by atoms with Crippen LogP contribution in [0.25, 0.3) is 0 Å². The maximum atomic E-state index is 13.5. The van der Waals surface area contributed by atoms with Gasteiger partial charge < -0.3 is 9.80 Å². The standard InChI is InChI=1S/C17H27FN2O/c1-5-20(11-6-10-19(3)4)12-9-17(21)15-8-7-14(2)16(18)13-15/h7-8,13H,5-6,9-12H2,1-4H3. The van der Waals surface area contributed by atoms with E-state index in [1.54, 1.807) is 19.1 Å². The lowest BCUT2D eigenvalue weighted by Gasteiger charge is -2.21. The van der Waals surface area contributed by atoms with Gasteiger partial charge in [-0.05, 0) is 58.7 Å². The van der Waals surface area contributed by atoms with Gasteiger partial charge in [0.05, 0.1) is 0 Å². The van der Waals surface area contributed by atoms with Crippen molar-refractivity contribution in [2.75, 3.05) is 40.3 Å². The maximum Gasteiger partial charge on any atom is 0.164 e. The molecule has 0 aromatic heterocycles. The van der Waals surface area contributed by atoms with Gasteiger partial charge in [-0.2, -0.15) is 0 Å². The van der Waals surface area contributed by atoms with Crippen LogP contribution in [0.4, 0.5) is 4.39 Å². The molecular formula is C17H27FN2O. The summed E-state index contributed by atoms with van der Waals surface area (Å²) < 4.78 is 13.5. The van der Waals surface area contributed by atoms with Crippen LogP contribution in [0.15, 0.2) is 18.2 Å². The van der Waals surface area contributed by atoms with Crippen molar-refractivity contribution < 1.29 is 9.18 Å². The normalized spacial score (nSPS) is 11.4. The molecule has 0 spiro atoms. The van der Waals surface area contributed by atoms with E-state index in [0.29, 0.717) is 17.5 Å². The number of ketones is 1. The first-order valence-electron chi connectivity index (χ1n) is 7.60. The Morgan fingerprint density at radius 3 is 2.48 bits per heavy atom. The molecule has 0 aliphatic heterocycles. The Balaban J connectivity index is 2.44. The van der Waals surface area contributed by atoms with Crippen LogP contribution in [0.3, 0.4) is 0 Å². The molecule has 3 nitrogen and oxygen atoms in total. The molecule has 4 heteroatoms. The van der Waals surface area contributed by atoms with Gasteiger partial charge in [0, 0.05) is 18.5 Å². The van der Waals surface area contributed by atoms with Crippen LogP contribution < -0.4 is 0 Å². The van der Waals surface area contributed by atoms with Crippen LogP contribution in [-0.2, 0) is 0 Å². The number of hydrogen-bond donors (Lipinski definition) is 0. The molecule has 0 heterocycles. The van der Waals surface area contributed by atoms with E-state index in [2.05, 4.69) is 30.8 Å². The number of nitrogens with zero attached hydrogens (tertiary/aromatic N) is 2. The molecule has 0 saturated carbocycles. The first-order valence-corrected chi connectivity index (χ1v) is 7.60. The van der Waals surface area contributed by atoms with E-state index in [9.17, 15) is 9.18 Å². The molecule has 1 rings (SSSR count). The molecule has 1 aromatic carbocycles. The summed E-state index contributed by atoms with van der Waals surface area (Å²) in [6, 6.07) is 4.72. The highest BCUT2D eigenvalue weighted by molar-refractivity contribution is 5.96. The third-order valence-corrected chi connectivity index (χ3v) is 3.68. The van der Waals surface area contributed by atoms with Gasteiger partial charge in [0.25, 0.3) is 0 Å². The van der Waals surface area contributed by atoms with Crippen molar-refractivity contribution >= 4 is 5.78 Å². The summed E-state index contributed by atoms with van der Waals surface area (Å²) in [5.41, 5.74) is 1.05. The molecule has 0 aliphatic carbocycles. The molecule has 0 aliphatic rings. The lowest BCUT2D eigenvalue weighted by atomic mass is 10.1. The highest BCUT2D eigenvalue weighted by Crippen LogP contribution is 2.11. The number of rotatable bonds is 9. The van der Waals surface area contributed by atoms with Gasteiger partial charge in [0.15, 0.2) is 5.78 Å². The molecule has 0 radical (unpaired) electrons. The second-order valence-electron chi connectivity index (χ2n) is 5.73. The number of Topliss-reactive ketones (excluding diaryl/α,β-unsaturated/α-hetero) is 1. The molecule has 0 amide bonds. The van der Waals surface area contributed by atoms with Crippen molar-refractivity contribution in [1.29, 1.82) is 0 Å². The summed E-state index contributed by atoms with van der Waals surface area (Å²) in [5.74, 6) is -0.292. The first-order chi connectivity index (χ1) is 9.93. The third-order valence-electron chi connectivity index (χ3n) is 3.68. The summed E-state index contributed by atoms with van der Waals surface area (Å²) in [4.78, 5) is 16.5. The summed E-state index contributed by atoms with van der Waals surface area (Å²) in [5, 5.41) is 0. The minimum Gasteiger partial charge on any atom is -0.309 e. The SMILES string of the molecule is CCN(CCCN(C)C)CCC(=O)c1ccc(C)c(F)c1. The van der Waals surface area contributed by atoms with Crippen molar-refractivity contribution in [3.8, 4) is 0 Å². The van der Waals surface area contributed by atoms with Gasteiger partial charge >= 0.3 is 0 Å². The Morgan fingerprint density at radius 2 is 1.90 bits per heavy atom. The smallest absolute Gasteiger partial charge is 0.164 e. The topological polar surface area (TPSA) is 23.6 Å².